The van der Waals surface area contributed by atoms with Crippen molar-refractivity contribution >= 4 is 16.7 Å². The fraction of sp³-hybridized carbons (Fsp3) is 0.231. The number of methoxy groups -OCH3 is 1. The molecule has 1 heterocycles. The highest BCUT2D eigenvalue weighted by atomic mass is 16.5. The van der Waals surface area contributed by atoms with Crippen LogP contribution in [0.1, 0.15) is 5.56 Å². The van der Waals surface area contributed by atoms with Crippen LogP contribution < -0.4 is 0 Å². The average molecular weight is 228 g/mol. The van der Waals surface area contributed by atoms with Crippen LogP contribution in [-0.2, 0) is 16.1 Å². The fourth-order valence-corrected chi connectivity index (χ4v) is 1.79. The number of aromatic nitrogens is 1. The van der Waals surface area contributed by atoms with Gasteiger partial charge in [0.05, 0.1) is 18.2 Å². The van der Waals surface area contributed by atoms with Crippen molar-refractivity contribution in [2.45, 2.75) is 6.54 Å². The van der Waals surface area contributed by atoms with Gasteiger partial charge in [-0.2, -0.15) is 5.26 Å². The highest BCUT2D eigenvalue weighted by molar-refractivity contribution is 5.85. The number of nitrogens with zero attached hydrogens (tertiary/aromatic N) is 2. The standard InChI is InChI=1S/C13H12N2O2/c1-17-9-12(16)8-15-5-4-11-3-2-10(7-14)6-13(11)15/h2-6H,8-9H2,1H3. The van der Waals surface area contributed by atoms with Crippen LogP contribution in [0.5, 0.6) is 0 Å². The molecular weight excluding hydrogens is 216 g/mol. The second-order valence-electron chi connectivity index (χ2n) is 3.80. The molecule has 4 nitrogen and oxygen atoms in total. The molecule has 17 heavy (non-hydrogen) atoms. The van der Waals surface area contributed by atoms with E-state index < -0.39 is 0 Å². The Hall–Kier alpha value is -2.12. The number of hydrogen-bond donors (Lipinski definition) is 0. The lowest BCUT2D eigenvalue weighted by Crippen LogP contribution is -2.14. The Kier molecular flexibility index (Phi) is 3.22. The van der Waals surface area contributed by atoms with Crippen LogP contribution >= 0.6 is 0 Å². The second-order valence-corrected chi connectivity index (χ2v) is 3.80. The second kappa shape index (κ2) is 4.81. The molecule has 0 aliphatic rings. The molecule has 1 aromatic carbocycles. The summed E-state index contributed by atoms with van der Waals surface area (Å²) in [7, 11) is 1.50. The van der Waals surface area contributed by atoms with Gasteiger partial charge < -0.3 is 9.30 Å². The minimum absolute atomic E-state index is 0.00682. The minimum atomic E-state index is 0.00682. The van der Waals surface area contributed by atoms with Crippen molar-refractivity contribution in [3.63, 3.8) is 0 Å². The summed E-state index contributed by atoms with van der Waals surface area (Å²) in [5.74, 6) is 0.00682. The first-order valence-electron chi connectivity index (χ1n) is 5.24. The Morgan fingerprint density at radius 1 is 1.47 bits per heavy atom. The molecule has 2 aromatic rings. The van der Waals surface area contributed by atoms with Crippen LogP contribution in [0.3, 0.4) is 0 Å². The minimum Gasteiger partial charge on any atom is -0.377 e. The number of carbonyl (C=O) groups is 1. The first-order chi connectivity index (χ1) is 8.24. The van der Waals surface area contributed by atoms with Crippen molar-refractivity contribution in [2.24, 2.45) is 0 Å². The van der Waals surface area contributed by atoms with Crippen LogP contribution in [0.25, 0.3) is 10.9 Å². The predicted octanol–water partition coefficient (Wildman–Crippen LogP) is 1.73. The number of benzene rings is 1. The zero-order valence-corrected chi connectivity index (χ0v) is 9.51. The molecule has 1 aromatic heterocycles. The number of hydrogen-bond acceptors (Lipinski definition) is 3. The molecule has 0 unspecified atom stereocenters. The van der Waals surface area contributed by atoms with E-state index >= 15 is 0 Å². The Labute approximate surface area is 99.0 Å². The van der Waals surface area contributed by atoms with Gasteiger partial charge in [0.2, 0.25) is 0 Å². The lowest BCUT2D eigenvalue weighted by molar-refractivity contribution is -0.123. The van der Waals surface area contributed by atoms with Gasteiger partial charge >= 0.3 is 0 Å². The van der Waals surface area contributed by atoms with E-state index in [1.54, 1.807) is 12.1 Å². The Balaban J connectivity index is 2.35. The monoisotopic (exact) mass is 228 g/mol. The normalized spacial score (nSPS) is 10.4. The third kappa shape index (κ3) is 2.35. The van der Waals surface area contributed by atoms with Gasteiger partial charge in [0.25, 0.3) is 0 Å². The van der Waals surface area contributed by atoms with Crippen molar-refractivity contribution < 1.29 is 9.53 Å². The van der Waals surface area contributed by atoms with Gasteiger partial charge in [0.1, 0.15) is 6.61 Å². The van der Waals surface area contributed by atoms with Gasteiger partial charge in [-0.25, -0.2) is 0 Å². The average Bonchev–Trinajstić information content (AvgIpc) is 2.72. The summed E-state index contributed by atoms with van der Waals surface area (Å²) in [4.78, 5) is 11.5. The summed E-state index contributed by atoms with van der Waals surface area (Å²) in [6.07, 6.45) is 1.85. The maximum Gasteiger partial charge on any atom is 0.178 e. The summed E-state index contributed by atoms with van der Waals surface area (Å²) < 4.78 is 6.63. The van der Waals surface area contributed by atoms with Gasteiger partial charge in [-0.05, 0) is 23.6 Å². The van der Waals surface area contributed by atoms with Crippen LogP contribution in [0.2, 0.25) is 0 Å². The van der Waals surface area contributed by atoms with Crippen LogP contribution in [0.4, 0.5) is 0 Å². The maximum absolute atomic E-state index is 11.5. The molecule has 0 saturated carbocycles. The van der Waals surface area contributed by atoms with Crippen molar-refractivity contribution in [1.82, 2.24) is 4.57 Å². The van der Waals surface area contributed by atoms with E-state index in [-0.39, 0.29) is 18.9 Å². The number of ketones is 1. The van der Waals surface area contributed by atoms with Crippen molar-refractivity contribution in [3.05, 3.63) is 36.0 Å². The highest BCUT2D eigenvalue weighted by Crippen LogP contribution is 2.17. The molecule has 0 N–H and O–H groups in total. The van der Waals surface area contributed by atoms with E-state index in [4.69, 9.17) is 10.00 Å². The molecular formula is C13H12N2O2. The molecule has 2 rings (SSSR count). The molecule has 0 saturated heterocycles. The molecule has 0 atom stereocenters. The highest BCUT2D eigenvalue weighted by Gasteiger charge is 2.06. The first-order valence-corrected chi connectivity index (χ1v) is 5.24. The molecule has 0 spiro atoms. The first kappa shape index (κ1) is 11.4. The third-order valence-corrected chi connectivity index (χ3v) is 2.56. The van der Waals surface area contributed by atoms with Crippen molar-refractivity contribution in [3.8, 4) is 6.07 Å². The summed E-state index contributed by atoms with van der Waals surface area (Å²) in [6, 6.07) is 9.45. The predicted molar refractivity (Wildman–Crippen MR) is 63.5 cm³/mol. The Morgan fingerprint density at radius 2 is 2.29 bits per heavy atom. The summed E-state index contributed by atoms with van der Waals surface area (Å²) >= 11 is 0. The van der Waals surface area contributed by atoms with E-state index in [9.17, 15) is 4.79 Å². The molecule has 0 radical (unpaired) electrons. The van der Waals surface area contributed by atoms with Crippen LogP contribution in [-0.4, -0.2) is 24.1 Å². The molecule has 0 fully saturated rings. The van der Waals surface area contributed by atoms with Crippen molar-refractivity contribution in [1.29, 1.82) is 5.26 Å². The number of carbonyl (C=O) groups excluding carboxylic acids is 1. The number of fused-ring (bicyclic) bond motifs is 1. The molecule has 0 aliphatic heterocycles. The third-order valence-electron chi connectivity index (χ3n) is 2.56. The lowest BCUT2D eigenvalue weighted by Gasteiger charge is -2.04. The van der Waals surface area contributed by atoms with E-state index in [1.807, 2.05) is 22.9 Å². The van der Waals surface area contributed by atoms with Gasteiger partial charge in [0.15, 0.2) is 5.78 Å². The molecule has 0 aliphatic carbocycles. The quantitative estimate of drug-likeness (QED) is 0.800. The number of ether oxygens (including phenoxy) is 1. The lowest BCUT2D eigenvalue weighted by atomic mass is 10.2. The fourth-order valence-electron chi connectivity index (χ4n) is 1.79. The number of Topliss-reactive ketones (excluding diaryl/α,β-unsaturated/α-hetero) is 1. The number of rotatable bonds is 4. The van der Waals surface area contributed by atoms with E-state index in [2.05, 4.69) is 6.07 Å². The van der Waals surface area contributed by atoms with E-state index in [1.165, 1.54) is 7.11 Å². The molecule has 0 bridgehead atoms. The molecule has 86 valence electrons. The zero-order valence-electron chi connectivity index (χ0n) is 9.51. The Bertz CT molecular complexity index is 593. The summed E-state index contributed by atoms with van der Waals surface area (Å²) in [6.45, 7) is 0.379. The SMILES string of the molecule is COCC(=O)Cn1ccc2ccc(C#N)cc21. The molecule has 4 heteroatoms. The maximum atomic E-state index is 11.5. The smallest absolute Gasteiger partial charge is 0.178 e. The van der Waals surface area contributed by atoms with Crippen LogP contribution in [0.15, 0.2) is 30.5 Å². The van der Waals surface area contributed by atoms with Gasteiger partial charge in [-0.15, -0.1) is 0 Å². The topological polar surface area (TPSA) is 55.0 Å². The van der Waals surface area contributed by atoms with E-state index in [0.717, 1.165) is 10.9 Å². The van der Waals surface area contributed by atoms with Crippen molar-refractivity contribution in [2.75, 3.05) is 13.7 Å². The van der Waals surface area contributed by atoms with Gasteiger partial charge in [0, 0.05) is 18.8 Å². The molecule has 0 amide bonds. The Morgan fingerprint density at radius 3 is 3.00 bits per heavy atom. The summed E-state index contributed by atoms with van der Waals surface area (Å²) in [5.41, 5.74) is 1.49. The van der Waals surface area contributed by atoms with E-state index in [0.29, 0.717) is 5.56 Å². The van der Waals surface area contributed by atoms with Crippen LogP contribution in [0, 0.1) is 11.3 Å². The number of nitriles is 1. The summed E-state index contributed by atoms with van der Waals surface area (Å²) in [5, 5.41) is 9.87. The van der Waals surface area contributed by atoms with Gasteiger partial charge in [-0.3, -0.25) is 4.79 Å². The largest absolute Gasteiger partial charge is 0.377 e. The zero-order chi connectivity index (χ0) is 12.3. The van der Waals surface area contributed by atoms with Gasteiger partial charge in [-0.1, -0.05) is 6.07 Å².